The lowest BCUT2D eigenvalue weighted by molar-refractivity contribution is -0.124. The van der Waals surface area contributed by atoms with Crippen molar-refractivity contribution in [3.63, 3.8) is 0 Å². The van der Waals surface area contributed by atoms with E-state index in [0.717, 1.165) is 12.8 Å². The summed E-state index contributed by atoms with van der Waals surface area (Å²) in [5, 5.41) is 0. The number of carbonyl (C=O) groups is 1. The van der Waals surface area contributed by atoms with E-state index in [1.807, 2.05) is 27.7 Å². The SMILES string of the molecule is CC1(C)C(C)(C)C1([C]=O)C(=O)C1CC1. The van der Waals surface area contributed by atoms with E-state index in [1.54, 1.807) is 0 Å². The van der Waals surface area contributed by atoms with Crippen molar-refractivity contribution in [2.24, 2.45) is 22.2 Å². The summed E-state index contributed by atoms with van der Waals surface area (Å²) >= 11 is 0. The second-order valence-electron chi connectivity index (χ2n) is 5.74. The van der Waals surface area contributed by atoms with Gasteiger partial charge < -0.3 is 0 Å². The molecule has 0 atom stereocenters. The third-order valence-corrected chi connectivity index (χ3v) is 4.85. The average Bonchev–Trinajstić information content (AvgIpc) is 2.91. The Bertz CT molecular complexity index is 294. The minimum absolute atomic E-state index is 0.141. The third kappa shape index (κ3) is 0.745. The molecule has 1 radical (unpaired) electrons. The molecule has 77 valence electrons. The molecule has 2 heteroatoms. The number of Topliss-reactive ketones (excluding diaryl/α,β-unsaturated/α-hetero) is 1. The minimum Gasteiger partial charge on any atom is -0.298 e. The van der Waals surface area contributed by atoms with Crippen molar-refractivity contribution < 1.29 is 9.59 Å². The molecule has 0 aromatic rings. The molecule has 2 nitrogen and oxygen atoms in total. The van der Waals surface area contributed by atoms with Crippen LogP contribution < -0.4 is 0 Å². The Labute approximate surface area is 85.1 Å². The number of hydrogen-bond donors (Lipinski definition) is 0. The van der Waals surface area contributed by atoms with E-state index >= 15 is 0 Å². The van der Waals surface area contributed by atoms with Crippen molar-refractivity contribution in [3.05, 3.63) is 0 Å². The van der Waals surface area contributed by atoms with E-state index in [-0.39, 0.29) is 22.5 Å². The van der Waals surface area contributed by atoms with Gasteiger partial charge in [-0.3, -0.25) is 9.59 Å². The first-order valence-electron chi connectivity index (χ1n) is 5.26. The smallest absolute Gasteiger partial charge is 0.214 e. The molecule has 0 bridgehead atoms. The van der Waals surface area contributed by atoms with Gasteiger partial charge in [-0.1, -0.05) is 27.7 Å². The lowest BCUT2D eigenvalue weighted by Crippen LogP contribution is -2.26. The first kappa shape index (κ1) is 9.88. The average molecular weight is 193 g/mol. The van der Waals surface area contributed by atoms with E-state index in [0.29, 0.717) is 0 Å². The van der Waals surface area contributed by atoms with Crippen molar-refractivity contribution in [2.45, 2.75) is 40.5 Å². The molecule has 2 aliphatic carbocycles. The normalized spacial score (nSPS) is 30.9. The molecule has 0 saturated heterocycles. The molecule has 0 unspecified atom stereocenters. The van der Waals surface area contributed by atoms with E-state index in [1.165, 1.54) is 0 Å². The van der Waals surface area contributed by atoms with Crippen molar-refractivity contribution in [1.82, 2.24) is 0 Å². The van der Waals surface area contributed by atoms with E-state index < -0.39 is 5.41 Å². The molecule has 2 saturated carbocycles. The summed E-state index contributed by atoms with van der Waals surface area (Å²) in [6, 6.07) is 0. The highest BCUT2D eigenvalue weighted by molar-refractivity contribution is 6.06. The van der Waals surface area contributed by atoms with Gasteiger partial charge in [0.05, 0.1) is 0 Å². The van der Waals surface area contributed by atoms with Gasteiger partial charge in [0.25, 0.3) is 0 Å². The molecule has 0 aliphatic heterocycles. The van der Waals surface area contributed by atoms with Crippen LogP contribution >= 0.6 is 0 Å². The van der Waals surface area contributed by atoms with Gasteiger partial charge in [0.2, 0.25) is 6.29 Å². The topological polar surface area (TPSA) is 34.1 Å². The van der Waals surface area contributed by atoms with Gasteiger partial charge in [-0.25, -0.2) is 0 Å². The molecule has 0 aromatic heterocycles. The van der Waals surface area contributed by atoms with E-state index in [9.17, 15) is 9.59 Å². The Balaban J connectivity index is 2.38. The van der Waals surface area contributed by atoms with Crippen LogP contribution in [-0.4, -0.2) is 12.1 Å². The van der Waals surface area contributed by atoms with Crippen LogP contribution in [-0.2, 0) is 9.59 Å². The van der Waals surface area contributed by atoms with Gasteiger partial charge in [-0.2, -0.15) is 0 Å². The molecule has 2 aliphatic rings. The monoisotopic (exact) mass is 193 g/mol. The Morgan fingerprint density at radius 1 is 1.14 bits per heavy atom. The largest absolute Gasteiger partial charge is 0.298 e. The standard InChI is InChI=1S/C12H17O2/c1-10(2)11(3,4)12(10,7-13)9(14)8-5-6-8/h8H,5-6H2,1-4H3. The minimum atomic E-state index is -0.818. The van der Waals surface area contributed by atoms with Crippen LogP contribution in [0.3, 0.4) is 0 Å². The molecule has 0 spiro atoms. The van der Waals surface area contributed by atoms with Crippen LogP contribution in [0.25, 0.3) is 0 Å². The first-order chi connectivity index (χ1) is 6.33. The van der Waals surface area contributed by atoms with Gasteiger partial charge in [-0.15, -0.1) is 0 Å². The zero-order chi connectivity index (χ0) is 10.8. The van der Waals surface area contributed by atoms with Crippen molar-refractivity contribution in [3.8, 4) is 0 Å². The van der Waals surface area contributed by atoms with Crippen LogP contribution in [0.5, 0.6) is 0 Å². The molecule has 14 heavy (non-hydrogen) atoms. The summed E-state index contributed by atoms with van der Waals surface area (Å²) in [6.45, 7) is 7.99. The molecule has 2 fully saturated rings. The zero-order valence-electron chi connectivity index (χ0n) is 9.31. The maximum absolute atomic E-state index is 12.1. The Kier molecular flexibility index (Phi) is 1.61. The fourth-order valence-electron chi connectivity index (χ4n) is 2.89. The Morgan fingerprint density at radius 3 is 1.79 bits per heavy atom. The third-order valence-electron chi connectivity index (χ3n) is 4.85. The fourth-order valence-corrected chi connectivity index (χ4v) is 2.89. The first-order valence-corrected chi connectivity index (χ1v) is 5.26. The maximum Gasteiger partial charge on any atom is 0.214 e. The van der Waals surface area contributed by atoms with Gasteiger partial charge in [0, 0.05) is 5.92 Å². The number of carbonyl (C=O) groups excluding carboxylic acids is 2. The summed E-state index contributed by atoms with van der Waals surface area (Å²) < 4.78 is 0. The van der Waals surface area contributed by atoms with Gasteiger partial charge >= 0.3 is 0 Å². The summed E-state index contributed by atoms with van der Waals surface area (Å²) in [6.07, 6.45) is 3.99. The summed E-state index contributed by atoms with van der Waals surface area (Å²) in [4.78, 5) is 23.2. The predicted molar refractivity (Wildman–Crippen MR) is 53.4 cm³/mol. The van der Waals surface area contributed by atoms with Crippen LogP contribution in [0.4, 0.5) is 0 Å². The van der Waals surface area contributed by atoms with Gasteiger partial charge in [0.1, 0.15) is 5.41 Å². The highest BCUT2D eigenvalue weighted by Crippen LogP contribution is 2.78. The lowest BCUT2D eigenvalue weighted by Gasteiger charge is -2.10. The summed E-state index contributed by atoms with van der Waals surface area (Å²) in [5.41, 5.74) is -1.26. The summed E-state index contributed by atoms with van der Waals surface area (Å²) in [7, 11) is 0. The molecule has 0 aromatic carbocycles. The van der Waals surface area contributed by atoms with Crippen LogP contribution in [0, 0.1) is 22.2 Å². The van der Waals surface area contributed by atoms with Crippen LogP contribution in [0.15, 0.2) is 0 Å². The number of ketones is 1. The molecular formula is C12H17O2. The Morgan fingerprint density at radius 2 is 1.57 bits per heavy atom. The lowest BCUT2D eigenvalue weighted by atomic mass is 9.88. The zero-order valence-corrected chi connectivity index (χ0v) is 9.31. The summed E-state index contributed by atoms with van der Waals surface area (Å²) in [5.74, 6) is 0.292. The highest BCUT2D eigenvalue weighted by Gasteiger charge is 2.82. The van der Waals surface area contributed by atoms with Gasteiger partial charge in [0.15, 0.2) is 5.78 Å². The van der Waals surface area contributed by atoms with E-state index in [4.69, 9.17) is 0 Å². The fraction of sp³-hybridized carbons (Fsp3) is 0.833. The highest BCUT2D eigenvalue weighted by atomic mass is 16.1. The quantitative estimate of drug-likeness (QED) is 0.643. The number of hydrogen-bond acceptors (Lipinski definition) is 2. The molecule has 0 amide bonds. The Hall–Kier alpha value is -0.660. The molecular weight excluding hydrogens is 176 g/mol. The molecule has 2 rings (SSSR count). The predicted octanol–water partition coefficient (Wildman–Crippen LogP) is 2.13. The second kappa shape index (κ2) is 2.29. The van der Waals surface area contributed by atoms with E-state index in [2.05, 4.69) is 6.29 Å². The van der Waals surface area contributed by atoms with Crippen molar-refractivity contribution >= 4 is 12.1 Å². The second-order valence-corrected chi connectivity index (χ2v) is 5.74. The number of rotatable bonds is 3. The van der Waals surface area contributed by atoms with Crippen molar-refractivity contribution in [1.29, 1.82) is 0 Å². The van der Waals surface area contributed by atoms with Crippen molar-refractivity contribution in [2.75, 3.05) is 0 Å². The van der Waals surface area contributed by atoms with Crippen LogP contribution in [0.1, 0.15) is 40.5 Å². The molecule has 0 heterocycles. The molecule has 0 N–H and O–H groups in total. The van der Waals surface area contributed by atoms with Gasteiger partial charge in [-0.05, 0) is 23.7 Å². The van der Waals surface area contributed by atoms with Crippen LogP contribution in [0.2, 0.25) is 0 Å². The maximum atomic E-state index is 12.1.